The van der Waals surface area contributed by atoms with Gasteiger partial charge in [-0.15, -0.1) is 0 Å². The minimum Gasteiger partial charge on any atom is -0.396 e. The molecule has 0 aliphatic rings. The van der Waals surface area contributed by atoms with Gasteiger partial charge in [-0.05, 0) is 6.42 Å². The smallest absolute Gasteiger partial charge is 0.0431 e. The van der Waals surface area contributed by atoms with Crippen LogP contribution in [-0.2, 0) is 0 Å². The van der Waals surface area contributed by atoms with E-state index in [0.29, 0.717) is 6.61 Å². The van der Waals surface area contributed by atoms with Crippen LogP contribution in [-0.4, -0.2) is 11.7 Å². The van der Waals surface area contributed by atoms with Gasteiger partial charge in [0.2, 0.25) is 0 Å². The SMILES string of the molecule is C.CCCCCCCCCCCCCO. The normalized spacial score (nSPS) is 10.0. The lowest BCUT2D eigenvalue weighted by atomic mass is 10.1. The molecule has 15 heavy (non-hydrogen) atoms. The zero-order valence-electron chi connectivity index (χ0n) is 9.93. The summed E-state index contributed by atoms with van der Waals surface area (Å²) < 4.78 is 0. The lowest BCUT2D eigenvalue weighted by Gasteiger charge is -2.01. The van der Waals surface area contributed by atoms with Gasteiger partial charge in [-0.2, -0.15) is 0 Å². The Morgan fingerprint density at radius 3 is 1.27 bits per heavy atom. The minimum atomic E-state index is 0. The van der Waals surface area contributed by atoms with Crippen LogP contribution in [0.2, 0.25) is 0 Å². The van der Waals surface area contributed by atoms with Gasteiger partial charge in [-0.1, -0.05) is 78.6 Å². The van der Waals surface area contributed by atoms with E-state index in [1.165, 1.54) is 64.2 Å². The molecule has 0 heterocycles. The molecular formula is C14H32O. The van der Waals surface area contributed by atoms with Gasteiger partial charge in [0.25, 0.3) is 0 Å². The fourth-order valence-corrected chi connectivity index (χ4v) is 1.78. The van der Waals surface area contributed by atoms with Crippen molar-refractivity contribution in [3.63, 3.8) is 0 Å². The van der Waals surface area contributed by atoms with Gasteiger partial charge in [0, 0.05) is 6.61 Å². The van der Waals surface area contributed by atoms with E-state index < -0.39 is 0 Å². The number of aliphatic hydroxyl groups excluding tert-OH is 1. The third-order valence-electron chi connectivity index (χ3n) is 2.76. The molecule has 0 aliphatic heterocycles. The van der Waals surface area contributed by atoms with E-state index in [2.05, 4.69) is 6.92 Å². The van der Waals surface area contributed by atoms with E-state index in [1.807, 2.05) is 0 Å². The summed E-state index contributed by atoms with van der Waals surface area (Å²) in [6.07, 6.45) is 14.8. The number of hydrogen-bond donors (Lipinski definition) is 1. The molecular weight excluding hydrogens is 184 g/mol. The van der Waals surface area contributed by atoms with Crippen LogP contribution in [0.25, 0.3) is 0 Å². The third-order valence-corrected chi connectivity index (χ3v) is 2.76. The van der Waals surface area contributed by atoms with E-state index in [9.17, 15) is 0 Å². The molecule has 1 nitrogen and oxygen atoms in total. The van der Waals surface area contributed by atoms with Crippen molar-refractivity contribution in [3.05, 3.63) is 0 Å². The van der Waals surface area contributed by atoms with E-state index >= 15 is 0 Å². The van der Waals surface area contributed by atoms with Gasteiger partial charge >= 0.3 is 0 Å². The first kappa shape index (κ1) is 17.4. The molecule has 0 aromatic heterocycles. The summed E-state index contributed by atoms with van der Waals surface area (Å²) in [6, 6.07) is 0. The predicted octanol–water partition coefficient (Wildman–Crippen LogP) is 4.93. The van der Waals surface area contributed by atoms with Gasteiger partial charge in [-0.3, -0.25) is 0 Å². The van der Waals surface area contributed by atoms with Crippen LogP contribution in [0.3, 0.4) is 0 Å². The van der Waals surface area contributed by atoms with Gasteiger partial charge in [-0.25, -0.2) is 0 Å². The van der Waals surface area contributed by atoms with Crippen LogP contribution in [0.15, 0.2) is 0 Å². The average molecular weight is 216 g/mol. The highest BCUT2D eigenvalue weighted by molar-refractivity contribution is 4.47. The summed E-state index contributed by atoms with van der Waals surface area (Å²) in [6.45, 7) is 2.64. The molecule has 0 aromatic rings. The van der Waals surface area contributed by atoms with Gasteiger partial charge in [0.15, 0.2) is 0 Å². The second kappa shape index (κ2) is 16.4. The second-order valence-corrected chi connectivity index (χ2v) is 4.26. The van der Waals surface area contributed by atoms with Crippen molar-refractivity contribution in [1.82, 2.24) is 0 Å². The quantitative estimate of drug-likeness (QED) is 0.486. The standard InChI is InChI=1S/C13H28O.CH4/c1-2-3-4-5-6-7-8-9-10-11-12-13-14;/h14H,2-13H2,1H3;1H4. The number of hydrogen-bond acceptors (Lipinski definition) is 1. The molecule has 0 aliphatic carbocycles. The van der Waals surface area contributed by atoms with Crippen molar-refractivity contribution in [1.29, 1.82) is 0 Å². The molecule has 0 unspecified atom stereocenters. The zero-order chi connectivity index (χ0) is 10.5. The monoisotopic (exact) mass is 216 g/mol. The van der Waals surface area contributed by atoms with Crippen molar-refractivity contribution in [3.8, 4) is 0 Å². The van der Waals surface area contributed by atoms with E-state index in [4.69, 9.17) is 5.11 Å². The maximum atomic E-state index is 8.59. The molecule has 0 amide bonds. The van der Waals surface area contributed by atoms with Crippen molar-refractivity contribution in [2.24, 2.45) is 0 Å². The van der Waals surface area contributed by atoms with Gasteiger partial charge in [0.05, 0.1) is 0 Å². The highest BCUT2D eigenvalue weighted by Crippen LogP contribution is 2.10. The van der Waals surface area contributed by atoms with Crippen LogP contribution >= 0.6 is 0 Å². The van der Waals surface area contributed by atoms with Crippen LogP contribution in [0.1, 0.15) is 85.0 Å². The first-order valence-electron chi connectivity index (χ1n) is 6.52. The highest BCUT2D eigenvalue weighted by atomic mass is 16.2. The van der Waals surface area contributed by atoms with Crippen LogP contribution < -0.4 is 0 Å². The second-order valence-electron chi connectivity index (χ2n) is 4.26. The maximum absolute atomic E-state index is 8.59. The first-order chi connectivity index (χ1) is 6.91. The topological polar surface area (TPSA) is 20.2 Å². The number of aliphatic hydroxyl groups is 1. The molecule has 0 fully saturated rings. The number of unbranched alkanes of at least 4 members (excludes halogenated alkanes) is 10. The Morgan fingerprint density at radius 1 is 0.600 bits per heavy atom. The Morgan fingerprint density at radius 2 is 0.933 bits per heavy atom. The molecule has 0 rings (SSSR count). The third kappa shape index (κ3) is 16.6. The summed E-state index contributed by atoms with van der Waals surface area (Å²) in [4.78, 5) is 0. The van der Waals surface area contributed by atoms with Gasteiger partial charge < -0.3 is 5.11 Å². The molecule has 0 radical (unpaired) electrons. The predicted molar refractivity (Wildman–Crippen MR) is 70.3 cm³/mol. The van der Waals surface area contributed by atoms with E-state index in [1.54, 1.807) is 0 Å². The first-order valence-corrected chi connectivity index (χ1v) is 6.52. The van der Waals surface area contributed by atoms with Crippen molar-refractivity contribution >= 4 is 0 Å². The molecule has 0 bridgehead atoms. The zero-order valence-corrected chi connectivity index (χ0v) is 9.93. The average Bonchev–Trinajstić information content (AvgIpc) is 2.21. The Bertz CT molecular complexity index is 79.3. The maximum Gasteiger partial charge on any atom is 0.0431 e. The van der Waals surface area contributed by atoms with Crippen molar-refractivity contribution < 1.29 is 5.11 Å². The Balaban J connectivity index is 0. The molecule has 0 atom stereocenters. The van der Waals surface area contributed by atoms with Crippen molar-refractivity contribution in [2.75, 3.05) is 6.61 Å². The lowest BCUT2D eigenvalue weighted by molar-refractivity contribution is 0.282. The largest absolute Gasteiger partial charge is 0.396 e. The van der Waals surface area contributed by atoms with E-state index in [0.717, 1.165) is 6.42 Å². The van der Waals surface area contributed by atoms with Crippen molar-refractivity contribution in [2.45, 2.75) is 85.0 Å². The summed E-state index contributed by atoms with van der Waals surface area (Å²) in [5, 5.41) is 8.59. The Hall–Kier alpha value is -0.0400. The van der Waals surface area contributed by atoms with Crippen LogP contribution in [0.4, 0.5) is 0 Å². The molecule has 0 aromatic carbocycles. The lowest BCUT2D eigenvalue weighted by Crippen LogP contribution is -1.84. The van der Waals surface area contributed by atoms with Crippen LogP contribution in [0.5, 0.6) is 0 Å². The number of rotatable bonds is 11. The fraction of sp³-hybridized carbons (Fsp3) is 1.00. The Kier molecular flexibility index (Phi) is 19.0. The molecule has 1 N–H and O–H groups in total. The minimum absolute atomic E-state index is 0. The van der Waals surface area contributed by atoms with E-state index in [-0.39, 0.29) is 7.43 Å². The summed E-state index contributed by atoms with van der Waals surface area (Å²) in [7, 11) is 0. The highest BCUT2D eigenvalue weighted by Gasteiger charge is 1.91. The fourth-order valence-electron chi connectivity index (χ4n) is 1.78. The molecule has 94 valence electrons. The summed E-state index contributed by atoms with van der Waals surface area (Å²) in [5.74, 6) is 0. The van der Waals surface area contributed by atoms with Gasteiger partial charge in [0.1, 0.15) is 0 Å². The van der Waals surface area contributed by atoms with Crippen LogP contribution in [0, 0.1) is 0 Å². The Labute approximate surface area is 97.3 Å². The molecule has 0 saturated heterocycles. The summed E-state index contributed by atoms with van der Waals surface area (Å²) in [5.41, 5.74) is 0. The molecule has 0 saturated carbocycles. The molecule has 0 spiro atoms. The molecule has 1 heteroatoms. The summed E-state index contributed by atoms with van der Waals surface area (Å²) >= 11 is 0.